The summed E-state index contributed by atoms with van der Waals surface area (Å²) >= 11 is 0. The average molecular weight is 211 g/mol. The Morgan fingerprint density at radius 2 is 2.33 bits per heavy atom. The second-order valence-electron chi connectivity index (χ2n) is 3.59. The van der Waals surface area contributed by atoms with Gasteiger partial charge in [-0.25, -0.2) is 4.79 Å². The highest BCUT2D eigenvalue weighted by Gasteiger charge is 2.18. The van der Waals surface area contributed by atoms with E-state index in [4.69, 9.17) is 10.2 Å². The first-order chi connectivity index (χ1) is 7.10. The van der Waals surface area contributed by atoms with Crippen molar-refractivity contribution in [3.05, 3.63) is 23.2 Å². The maximum atomic E-state index is 11.3. The standard InChI is InChI=1S/C11H17NO3/c1-7(4-5-12)10-6-9(8(2)15-10)11(13)14-3/h6-7H,4-5,12H2,1-3H3. The molecule has 15 heavy (non-hydrogen) atoms. The molecule has 0 saturated heterocycles. The van der Waals surface area contributed by atoms with Crippen molar-refractivity contribution < 1.29 is 13.9 Å². The summed E-state index contributed by atoms with van der Waals surface area (Å²) in [7, 11) is 1.36. The van der Waals surface area contributed by atoms with Gasteiger partial charge in [0.1, 0.15) is 17.1 Å². The maximum Gasteiger partial charge on any atom is 0.341 e. The normalized spacial score (nSPS) is 12.5. The number of carbonyl (C=O) groups excluding carboxylic acids is 1. The van der Waals surface area contributed by atoms with Crippen LogP contribution in [0.4, 0.5) is 0 Å². The van der Waals surface area contributed by atoms with Gasteiger partial charge in [-0.2, -0.15) is 0 Å². The summed E-state index contributed by atoms with van der Waals surface area (Å²) < 4.78 is 10.1. The highest BCUT2D eigenvalue weighted by molar-refractivity contribution is 5.90. The second-order valence-corrected chi connectivity index (χ2v) is 3.59. The lowest BCUT2D eigenvalue weighted by Gasteiger charge is -2.04. The first-order valence-corrected chi connectivity index (χ1v) is 4.98. The van der Waals surface area contributed by atoms with Gasteiger partial charge < -0.3 is 14.9 Å². The third kappa shape index (κ3) is 2.59. The topological polar surface area (TPSA) is 65.5 Å². The SMILES string of the molecule is COC(=O)c1cc(C(C)CCN)oc1C. The van der Waals surface area contributed by atoms with E-state index in [1.807, 2.05) is 6.92 Å². The zero-order chi connectivity index (χ0) is 11.4. The van der Waals surface area contributed by atoms with E-state index in [0.29, 0.717) is 17.9 Å². The number of hydrogen-bond acceptors (Lipinski definition) is 4. The lowest BCUT2D eigenvalue weighted by atomic mass is 10.0. The molecule has 0 fully saturated rings. The number of rotatable bonds is 4. The molecule has 0 aliphatic rings. The smallest absolute Gasteiger partial charge is 0.341 e. The highest BCUT2D eigenvalue weighted by Crippen LogP contribution is 2.24. The van der Waals surface area contributed by atoms with E-state index < -0.39 is 0 Å². The molecule has 1 unspecified atom stereocenters. The van der Waals surface area contributed by atoms with Gasteiger partial charge in [-0.05, 0) is 26.0 Å². The Bertz CT molecular complexity index is 344. The fourth-order valence-corrected chi connectivity index (χ4v) is 1.45. The molecule has 1 aromatic heterocycles. The molecule has 0 aliphatic carbocycles. The van der Waals surface area contributed by atoms with E-state index in [9.17, 15) is 4.79 Å². The Morgan fingerprint density at radius 1 is 1.67 bits per heavy atom. The number of ether oxygens (including phenoxy) is 1. The summed E-state index contributed by atoms with van der Waals surface area (Å²) in [5, 5.41) is 0. The molecule has 4 nitrogen and oxygen atoms in total. The molecule has 84 valence electrons. The van der Waals surface area contributed by atoms with Crippen LogP contribution < -0.4 is 5.73 Å². The van der Waals surface area contributed by atoms with Crippen molar-refractivity contribution in [1.29, 1.82) is 0 Å². The van der Waals surface area contributed by atoms with Crippen LogP contribution in [0.3, 0.4) is 0 Å². The van der Waals surface area contributed by atoms with Crippen molar-refractivity contribution >= 4 is 5.97 Å². The zero-order valence-electron chi connectivity index (χ0n) is 9.37. The minimum absolute atomic E-state index is 0.229. The largest absolute Gasteiger partial charge is 0.465 e. The third-order valence-corrected chi connectivity index (χ3v) is 2.43. The molecule has 1 heterocycles. The summed E-state index contributed by atoms with van der Waals surface area (Å²) in [6.07, 6.45) is 0.841. The van der Waals surface area contributed by atoms with E-state index in [0.717, 1.165) is 12.2 Å². The lowest BCUT2D eigenvalue weighted by molar-refractivity contribution is 0.0599. The fourth-order valence-electron chi connectivity index (χ4n) is 1.45. The van der Waals surface area contributed by atoms with Crippen LogP contribution in [-0.4, -0.2) is 19.6 Å². The van der Waals surface area contributed by atoms with Crippen LogP contribution in [0, 0.1) is 6.92 Å². The zero-order valence-corrected chi connectivity index (χ0v) is 9.37. The first kappa shape index (κ1) is 11.8. The third-order valence-electron chi connectivity index (χ3n) is 2.43. The van der Waals surface area contributed by atoms with Crippen molar-refractivity contribution in [3.63, 3.8) is 0 Å². The molecule has 0 aromatic carbocycles. The van der Waals surface area contributed by atoms with Crippen molar-refractivity contribution in [2.75, 3.05) is 13.7 Å². The summed E-state index contributed by atoms with van der Waals surface area (Å²) in [6.45, 7) is 4.38. The number of carbonyl (C=O) groups is 1. The van der Waals surface area contributed by atoms with E-state index in [1.54, 1.807) is 13.0 Å². The Labute approximate surface area is 89.4 Å². The molecule has 0 aliphatic heterocycles. The monoisotopic (exact) mass is 211 g/mol. The number of nitrogens with two attached hydrogens (primary N) is 1. The van der Waals surface area contributed by atoms with Crippen molar-refractivity contribution in [2.24, 2.45) is 5.73 Å². The quantitative estimate of drug-likeness (QED) is 0.771. The van der Waals surface area contributed by atoms with Crippen LogP contribution in [0.2, 0.25) is 0 Å². The molecular weight excluding hydrogens is 194 g/mol. The molecule has 4 heteroatoms. The summed E-state index contributed by atoms with van der Waals surface area (Å²) in [6, 6.07) is 1.74. The predicted octanol–water partition coefficient (Wildman–Crippen LogP) is 1.83. The number of furan rings is 1. The van der Waals surface area contributed by atoms with Gasteiger partial charge in [0.15, 0.2) is 0 Å². The number of methoxy groups -OCH3 is 1. The molecular formula is C11H17NO3. The number of esters is 1. The van der Waals surface area contributed by atoms with Gasteiger partial charge >= 0.3 is 5.97 Å². The molecule has 1 aromatic rings. The Morgan fingerprint density at radius 3 is 2.87 bits per heavy atom. The first-order valence-electron chi connectivity index (χ1n) is 4.98. The molecule has 0 radical (unpaired) electrons. The Kier molecular flexibility index (Phi) is 3.91. The van der Waals surface area contributed by atoms with Gasteiger partial charge in [0.25, 0.3) is 0 Å². The summed E-state index contributed by atoms with van der Waals surface area (Å²) in [5.74, 6) is 1.26. The molecule has 0 bridgehead atoms. The minimum Gasteiger partial charge on any atom is -0.465 e. The lowest BCUT2D eigenvalue weighted by Crippen LogP contribution is -2.04. The van der Waals surface area contributed by atoms with Crippen LogP contribution in [0.15, 0.2) is 10.5 Å². The van der Waals surface area contributed by atoms with Gasteiger partial charge in [0.2, 0.25) is 0 Å². The van der Waals surface area contributed by atoms with E-state index in [-0.39, 0.29) is 11.9 Å². The molecule has 0 spiro atoms. The molecule has 1 rings (SSSR count). The number of aryl methyl sites for hydroxylation is 1. The van der Waals surface area contributed by atoms with Gasteiger partial charge in [-0.15, -0.1) is 0 Å². The maximum absolute atomic E-state index is 11.3. The van der Waals surface area contributed by atoms with Crippen LogP contribution in [0.25, 0.3) is 0 Å². The van der Waals surface area contributed by atoms with Gasteiger partial charge in [0.05, 0.1) is 7.11 Å². The van der Waals surface area contributed by atoms with Crippen molar-refractivity contribution in [3.8, 4) is 0 Å². The van der Waals surface area contributed by atoms with Crippen LogP contribution in [-0.2, 0) is 4.74 Å². The highest BCUT2D eigenvalue weighted by atomic mass is 16.5. The molecule has 1 atom stereocenters. The van der Waals surface area contributed by atoms with Crippen molar-refractivity contribution in [1.82, 2.24) is 0 Å². The average Bonchev–Trinajstić information content (AvgIpc) is 2.60. The van der Waals surface area contributed by atoms with E-state index >= 15 is 0 Å². The van der Waals surface area contributed by atoms with Crippen LogP contribution in [0.1, 0.15) is 41.1 Å². The van der Waals surface area contributed by atoms with Crippen molar-refractivity contribution in [2.45, 2.75) is 26.2 Å². The van der Waals surface area contributed by atoms with E-state index in [1.165, 1.54) is 7.11 Å². The molecule has 2 N–H and O–H groups in total. The Hall–Kier alpha value is -1.29. The molecule has 0 amide bonds. The van der Waals surface area contributed by atoms with Gasteiger partial charge in [0, 0.05) is 5.92 Å². The van der Waals surface area contributed by atoms with Crippen LogP contribution >= 0.6 is 0 Å². The van der Waals surface area contributed by atoms with Gasteiger partial charge in [-0.3, -0.25) is 0 Å². The minimum atomic E-state index is -0.359. The summed E-state index contributed by atoms with van der Waals surface area (Å²) in [4.78, 5) is 11.3. The number of hydrogen-bond donors (Lipinski definition) is 1. The van der Waals surface area contributed by atoms with Crippen LogP contribution in [0.5, 0.6) is 0 Å². The molecule has 0 saturated carbocycles. The summed E-state index contributed by atoms with van der Waals surface area (Å²) in [5.41, 5.74) is 5.96. The Balaban J connectivity index is 2.90. The second kappa shape index (κ2) is 4.98. The fraction of sp³-hybridized carbons (Fsp3) is 0.545. The van der Waals surface area contributed by atoms with E-state index in [2.05, 4.69) is 4.74 Å². The van der Waals surface area contributed by atoms with Gasteiger partial charge in [-0.1, -0.05) is 6.92 Å². The predicted molar refractivity (Wildman–Crippen MR) is 56.9 cm³/mol.